The number of hydrogen-bond donors (Lipinski definition) is 4. The molecule has 2 atom stereocenters. The highest BCUT2D eigenvalue weighted by Gasteiger charge is 2.26. The second kappa shape index (κ2) is 4.10. The summed E-state index contributed by atoms with van der Waals surface area (Å²) in [5.74, 6) is -0.208. The highest BCUT2D eigenvalue weighted by Crippen LogP contribution is 2.14. The molecular formula is C5H12ClNO3. The summed E-state index contributed by atoms with van der Waals surface area (Å²) in [5, 5.41) is 28.7. The Morgan fingerprint density at radius 1 is 1.40 bits per heavy atom. The highest BCUT2D eigenvalue weighted by atomic mass is 35.5. The molecule has 1 aliphatic heterocycles. The summed E-state index contributed by atoms with van der Waals surface area (Å²) in [6.07, 6.45) is -1.43. The zero-order chi connectivity index (χ0) is 6.85. The molecule has 0 spiro atoms. The van der Waals surface area contributed by atoms with E-state index in [4.69, 9.17) is 15.3 Å². The minimum absolute atomic E-state index is 0. The summed E-state index contributed by atoms with van der Waals surface area (Å²) in [4.78, 5) is 0. The third-order valence-corrected chi connectivity index (χ3v) is 1.56. The number of nitrogens with one attached hydrogen (secondary N) is 1. The molecule has 0 bridgehead atoms. The van der Waals surface area contributed by atoms with Crippen LogP contribution in [-0.4, -0.2) is 34.4 Å². The number of hydrogen-bond acceptors (Lipinski definition) is 4. The van der Waals surface area contributed by atoms with Crippen molar-refractivity contribution < 1.29 is 15.3 Å². The van der Waals surface area contributed by atoms with Crippen LogP contribution in [0, 0.1) is 5.92 Å². The molecule has 1 heterocycles. The van der Waals surface area contributed by atoms with Crippen LogP contribution >= 0.6 is 12.4 Å². The Morgan fingerprint density at radius 3 is 2.20 bits per heavy atom. The van der Waals surface area contributed by atoms with Crippen molar-refractivity contribution in [2.24, 2.45) is 5.92 Å². The van der Waals surface area contributed by atoms with Crippen LogP contribution in [0.4, 0.5) is 0 Å². The summed E-state index contributed by atoms with van der Waals surface area (Å²) in [6, 6.07) is 0. The van der Waals surface area contributed by atoms with Gasteiger partial charge in [0.1, 0.15) is 6.23 Å². The Labute approximate surface area is 65.3 Å². The van der Waals surface area contributed by atoms with E-state index in [1.165, 1.54) is 0 Å². The summed E-state index contributed by atoms with van der Waals surface area (Å²) in [6.45, 7) is 0.485. The number of rotatable bonds is 1. The maximum atomic E-state index is 8.82. The molecule has 10 heavy (non-hydrogen) atoms. The molecule has 1 saturated heterocycles. The van der Waals surface area contributed by atoms with E-state index in [-0.39, 0.29) is 18.3 Å². The van der Waals surface area contributed by atoms with Gasteiger partial charge in [-0.05, 0) is 6.42 Å². The van der Waals surface area contributed by atoms with Crippen molar-refractivity contribution in [3.63, 3.8) is 0 Å². The normalized spacial score (nSPS) is 32.4. The van der Waals surface area contributed by atoms with E-state index in [0.29, 0.717) is 13.0 Å². The molecule has 62 valence electrons. The van der Waals surface area contributed by atoms with Crippen LogP contribution in [0.25, 0.3) is 0 Å². The van der Waals surface area contributed by atoms with Gasteiger partial charge in [0.2, 0.25) is 0 Å². The monoisotopic (exact) mass is 169 g/mol. The number of halogens is 1. The lowest BCUT2D eigenvalue weighted by Crippen LogP contribution is -2.22. The van der Waals surface area contributed by atoms with Gasteiger partial charge in [-0.1, -0.05) is 0 Å². The molecule has 1 fully saturated rings. The van der Waals surface area contributed by atoms with Crippen molar-refractivity contribution in [3.8, 4) is 0 Å². The smallest absolute Gasteiger partial charge is 0.155 e. The molecule has 0 aromatic rings. The lowest BCUT2D eigenvalue weighted by Gasteiger charge is -2.08. The molecule has 1 aliphatic rings. The van der Waals surface area contributed by atoms with Gasteiger partial charge in [0.15, 0.2) is 6.29 Å². The highest BCUT2D eigenvalue weighted by molar-refractivity contribution is 5.85. The van der Waals surface area contributed by atoms with Gasteiger partial charge in [-0.25, -0.2) is 0 Å². The van der Waals surface area contributed by atoms with Crippen LogP contribution in [-0.2, 0) is 0 Å². The van der Waals surface area contributed by atoms with Gasteiger partial charge in [-0.3, -0.25) is 5.32 Å². The van der Waals surface area contributed by atoms with Gasteiger partial charge < -0.3 is 15.3 Å². The van der Waals surface area contributed by atoms with Gasteiger partial charge >= 0.3 is 0 Å². The summed E-state index contributed by atoms with van der Waals surface area (Å²) in [7, 11) is 0. The zero-order valence-electron chi connectivity index (χ0n) is 5.40. The fourth-order valence-electron chi connectivity index (χ4n) is 0.968. The zero-order valence-corrected chi connectivity index (χ0v) is 6.21. The predicted octanol–water partition coefficient (Wildman–Crippen LogP) is -1.35. The third-order valence-electron chi connectivity index (χ3n) is 1.56. The molecule has 0 saturated carbocycles. The fourth-order valence-corrected chi connectivity index (χ4v) is 0.968. The topological polar surface area (TPSA) is 72.7 Å². The Kier molecular flexibility index (Phi) is 4.15. The number of aliphatic hydroxyl groups is 3. The molecular weight excluding hydrogens is 158 g/mol. The van der Waals surface area contributed by atoms with Crippen molar-refractivity contribution in [2.75, 3.05) is 6.54 Å². The van der Waals surface area contributed by atoms with E-state index < -0.39 is 12.5 Å². The Bertz CT molecular complexity index is 101. The summed E-state index contributed by atoms with van der Waals surface area (Å²) < 4.78 is 0. The largest absolute Gasteiger partial charge is 0.379 e. The average molecular weight is 170 g/mol. The Balaban J connectivity index is 0.000000810. The Morgan fingerprint density at radius 2 is 2.00 bits per heavy atom. The van der Waals surface area contributed by atoms with Crippen molar-refractivity contribution in [2.45, 2.75) is 18.9 Å². The lowest BCUT2D eigenvalue weighted by atomic mass is 10.1. The molecule has 0 aliphatic carbocycles. The maximum absolute atomic E-state index is 8.82. The van der Waals surface area contributed by atoms with E-state index >= 15 is 0 Å². The molecule has 4 N–H and O–H groups in total. The van der Waals surface area contributed by atoms with Crippen LogP contribution in [0.15, 0.2) is 0 Å². The third kappa shape index (κ3) is 2.40. The van der Waals surface area contributed by atoms with E-state index in [9.17, 15) is 0 Å². The quantitative estimate of drug-likeness (QED) is 0.366. The van der Waals surface area contributed by atoms with Gasteiger partial charge in [0.25, 0.3) is 0 Å². The molecule has 0 amide bonds. The van der Waals surface area contributed by atoms with Crippen LogP contribution in [0.5, 0.6) is 0 Å². The van der Waals surface area contributed by atoms with Crippen molar-refractivity contribution in [3.05, 3.63) is 0 Å². The standard InChI is InChI=1S/C5H11NO3.ClH/c7-4-1-3(2-6-4)5(8)9;/h3-9H,1-2H2;1H/t3-,4-;/m1./s1. The maximum Gasteiger partial charge on any atom is 0.155 e. The van der Waals surface area contributed by atoms with Crippen molar-refractivity contribution in [1.82, 2.24) is 5.32 Å². The lowest BCUT2D eigenvalue weighted by molar-refractivity contribution is -0.0804. The first-order valence-corrected chi connectivity index (χ1v) is 2.97. The molecule has 0 radical (unpaired) electrons. The van der Waals surface area contributed by atoms with E-state index in [2.05, 4.69) is 5.32 Å². The van der Waals surface area contributed by atoms with E-state index in [1.54, 1.807) is 0 Å². The summed E-state index contributed by atoms with van der Waals surface area (Å²) in [5.41, 5.74) is 0. The Hall–Kier alpha value is 0.130. The van der Waals surface area contributed by atoms with Crippen LogP contribution in [0.1, 0.15) is 6.42 Å². The first kappa shape index (κ1) is 10.1. The van der Waals surface area contributed by atoms with Crippen LogP contribution in [0.3, 0.4) is 0 Å². The summed E-state index contributed by atoms with van der Waals surface area (Å²) >= 11 is 0. The second-order valence-electron chi connectivity index (χ2n) is 2.33. The van der Waals surface area contributed by atoms with Crippen molar-refractivity contribution >= 4 is 12.4 Å². The molecule has 0 unspecified atom stereocenters. The average Bonchev–Trinajstić information content (AvgIpc) is 2.14. The SMILES string of the molecule is Cl.OC(O)[C@H]1CN[C@H](O)C1. The molecule has 0 aromatic carbocycles. The predicted molar refractivity (Wildman–Crippen MR) is 37.6 cm³/mol. The minimum Gasteiger partial charge on any atom is -0.379 e. The van der Waals surface area contributed by atoms with Gasteiger partial charge in [0.05, 0.1) is 0 Å². The second-order valence-corrected chi connectivity index (χ2v) is 2.33. The molecule has 0 aromatic heterocycles. The van der Waals surface area contributed by atoms with Crippen LogP contribution < -0.4 is 5.32 Å². The molecule has 4 nitrogen and oxygen atoms in total. The molecule has 1 rings (SSSR count). The minimum atomic E-state index is -1.30. The van der Waals surface area contributed by atoms with E-state index in [0.717, 1.165) is 0 Å². The van der Waals surface area contributed by atoms with Crippen LogP contribution in [0.2, 0.25) is 0 Å². The van der Waals surface area contributed by atoms with Gasteiger partial charge in [0, 0.05) is 12.5 Å². The van der Waals surface area contributed by atoms with Crippen molar-refractivity contribution in [1.29, 1.82) is 0 Å². The van der Waals surface area contributed by atoms with Gasteiger partial charge in [-0.2, -0.15) is 0 Å². The molecule has 5 heteroatoms. The first-order chi connectivity index (χ1) is 4.20. The van der Waals surface area contributed by atoms with Gasteiger partial charge in [-0.15, -0.1) is 12.4 Å². The first-order valence-electron chi connectivity index (χ1n) is 2.97. The van der Waals surface area contributed by atoms with E-state index in [1.807, 2.05) is 0 Å². The number of aliphatic hydroxyl groups excluding tert-OH is 2. The fraction of sp³-hybridized carbons (Fsp3) is 1.00.